The molecule has 2 aromatic heterocycles. The normalized spacial score (nSPS) is 15.8. The van der Waals surface area contributed by atoms with E-state index in [9.17, 15) is 9.59 Å². The van der Waals surface area contributed by atoms with Crippen molar-refractivity contribution in [3.8, 4) is 0 Å². The Hall–Kier alpha value is -2.48. The molecule has 8 heteroatoms. The van der Waals surface area contributed by atoms with Crippen LogP contribution >= 0.6 is 11.3 Å². The van der Waals surface area contributed by atoms with E-state index in [2.05, 4.69) is 20.2 Å². The summed E-state index contributed by atoms with van der Waals surface area (Å²) in [6.45, 7) is 6.44. The number of nitrogens with one attached hydrogen (secondary N) is 1. The first kappa shape index (κ1) is 18.3. The molecular weight excluding hydrogens is 350 g/mol. The summed E-state index contributed by atoms with van der Waals surface area (Å²) in [7, 11) is 0. The molecule has 1 aliphatic heterocycles. The molecule has 3 heterocycles. The van der Waals surface area contributed by atoms with Gasteiger partial charge in [0.25, 0.3) is 5.91 Å². The van der Waals surface area contributed by atoms with Crippen LogP contribution in [0.25, 0.3) is 0 Å². The Morgan fingerprint density at radius 3 is 2.38 bits per heavy atom. The minimum atomic E-state index is -0.524. The van der Waals surface area contributed by atoms with E-state index >= 15 is 0 Å². The Morgan fingerprint density at radius 2 is 1.81 bits per heavy atom. The van der Waals surface area contributed by atoms with E-state index in [1.165, 1.54) is 11.3 Å². The summed E-state index contributed by atoms with van der Waals surface area (Å²) in [5.74, 6) is 0.481. The monoisotopic (exact) mass is 373 g/mol. The van der Waals surface area contributed by atoms with Gasteiger partial charge in [0.15, 0.2) is 0 Å². The topological polar surface area (TPSA) is 78.4 Å². The van der Waals surface area contributed by atoms with Crippen molar-refractivity contribution < 1.29 is 9.59 Å². The van der Waals surface area contributed by atoms with Gasteiger partial charge in [-0.15, -0.1) is 11.3 Å². The van der Waals surface area contributed by atoms with Gasteiger partial charge in [-0.2, -0.15) is 0 Å². The van der Waals surface area contributed by atoms with Crippen molar-refractivity contribution in [2.24, 2.45) is 5.92 Å². The van der Waals surface area contributed by atoms with Crippen LogP contribution in [0.1, 0.15) is 23.5 Å². The molecule has 0 aromatic carbocycles. The van der Waals surface area contributed by atoms with Crippen LogP contribution in [0.3, 0.4) is 0 Å². The van der Waals surface area contributed by atoms with Gasteiger partial charge in [0.2, 0.25) is 11.9 Å². The minimum absolute atomic E-state index is 0.0156. The number of piperazine rings is 1. The van der Waals surface area contributed by atoms with Gasteiger partial charge in [-0.25, -0.2) is 9.97 Å². The molecule has 138 valence electrons. The van der Waals surface area contributed by atoms with Crippen LogP contribution in [0.4, 0.5) is 5.95 Å². The summed E-state index contributed by atoms with van der Waals surface area (Å²) in [5, 5.41) is 4.75. The van der Waals surface area contributed by atoms with E-state index < -0.39 is 6.04 Å². The Balaban J connectivity index is 1.60. The maximum absolute atomic E-state index is 13.0. The largest absolute Gasteiger partial charge is 0.339 e. The van der Waals surface area contributed by atoms with Crippen molar-refractivity contribution in [1.82, 2.24) is 20.2 Å². The summed E-state index contributed by atoms with van der Waals surface area (Å²) in [6, 6.07) is 4.85. The van der Waals surface area contributed by atoms with Crippen LogP contribution < -0.4 is 10.2 Å². The van der Waals surface area contributed by atoms with E-state index in [1.54, 1.807) is 24.5 Å². The first-order valence-corrected chi connectivity index (χ1v) is 9.59. The van der Waals surface area contributed by atoms with E-state index in [0.717, 1.165) is 0 Å². The number of hydrogen-bond donors (Lipinski definition) is 1. The lowest BCUT2D eigenvalue weighted by atomic mass is 10.0. The SMILES string of the molecule is CC(C)[C@H](NC(=O)c1cccs1)C(=O)N1CCN(c2ncccn2)CC1. The molecule has 2 amide bonds. The fraction of sp³-hybridized carbons (Fsp3) is 0.444. The highest BCUT2D eigenvalue weighted by molar-refractivity contribution is 7.12. The minimum Gasteiger partial charge on any atom is -0.339 e. The second kappa shape index (κ2) is 8.27. The van der Waals surface area contributed by atoms with Gasteiger partial charge in [0, 0.05) is 38.6 Å². The zero-order valence-electron chi connectivity index (χ0n) is 15.0. The van der Waals surface area contributed by atoms with Crippen LogP contribution in [0.5, 0.6) is 0 Å². The molecular formula is C18H23N5O2S. The number of carbonyl (C=O) groups is 2. The first-order valence-electron chi connectivity index (χ1n) is 8.71. The average molecular weight is 373 g/mol. The van der Waals surface area contributed by atoms with Crippen LogP contribution in [0, 0.1) is 5.92 Å². The highest BCUT2D eigenvalue weighted by Crippen LogP contribution is 2.15. The van der Waals surface area contributed by atoms with Crippen molar-refractivity contribution in [2.45, 2.75) is 19.9 Å². The second-order valence-electron chi connectivity index (χ2n) is 6.53. The fourth-order valence-electron chi connectivity index (χ4n) is 2.91. The molecule has 0 aliphatic carbocycles. The number of hydrogen-bond acceptors (Lipinski definition) is 6. The lowest BCUT2D eigenvalue weighted by Gasteiger charge is -2.37. The zero-order valence-corrected chi connectivity index (χ0v) is 15.8. The lowest BCUT2D eigenvalue weighted by Crippen LogP contribution is -2.56. The number of aromatic nitrogens is 2. The van der Waals surface area contributed by atoms with Gasteiger partial charge >= 0.3 is 0 Å². The Bertz CT molecular complexity index is 727. The third-order valence-corrected chi connectivity index (χ3v) is 5.26. The van der Waals surface area contributed by atoms with E-state index in [-0.39, 0.29) is 17.7 Å². The standard InChI is InChI=1S/C18H23N5O2S/c1-13(2)15(21-16(24)14-5-3-12-26-14)17(25)22-8-10-23(11-9-22)18-19-6-4-7-20-18/h3-7,12-13,15H,8-11H2,1-2H3,(H,21,24)/t15-/m0/s1. The second-order valence-corrected chi connectivity index (χ2v) is 7.48. The molecule has 0 saturated carbocycles. The molecule has 7 nitrogen and oxygen atoms in total. The molecule has 1 aliphatic rings. The van der Waals surface area contributed by atoms with Crippen LogP contribution in [0.15, 0.2) is 36.0 Å². The van der Waals surface area contributed by atoms with Crippen molar-refractivity contribution in [2.75, 3.05) is 31.1 Å². The Morgan fingerprint density at radius 1 is 1.12 bits per heavy atom. The van der Waals surface area contributed by atoms with E-state index in [1.807, 2.05) is 30.2 Å². The maximum Gasteiger partial charge on any atom is 0.262 e. The number of rotatable bonds is 5. The first-order chi connectivity index (χ1) is 12.6. The van der Waals surface area contributed by atoms with Crippen LogP contribution in [0.2, 0.25) is 0 Å². The molecule has 1 N–H and O–H groups in total. The molecule has 0 bridgehead atoms. The van der Waals surface area contributed by atoms with Crippen molar-refractivity contribution in [1.29, 1.82) is 0 Å². The van der Waals surface area contributed by atoms with Crippen LogP contribution in [-0.4, -0.2) is 58.9 Å². The van der Waals surface area contributed by atoms with Crippen LogP contribution in [-0.2, 0) is 4.79 Å². The molecule has 1 fully saturated rings. The number of anilines is 1. The van der Waals surface area contributed by atoms with E-state index in [0.29, 0.717) is 37.0 Å². The van der Waals surface area contributed by atoms with Crippen molar-refractivity contribution >= 4 is 29.1 Å². The average Bonchev–Trinajstić information content (AvgIpc) is 3.21. The molecule has 0 radical (unpaired) electrons. The van der Waals surface area contributed by atoms with Gasteiger partial charge in [0.05, 0.1) is 4.88 Å². The van der Waals surface area contributed by atoms with Gasteiger partial charge in [-0.05, 0) is 23.4 Å². The number of thiophene rings is 1. The molecule has 1 saturated heterocycles. The number of carbonyl (C=O) groups excluding carboxylic acids is 2. The third-order valence-electron chi connectivity index (χ3n) is 4.39. The Labute approximate surface area is 157 Å². The van der Waals surface area contributed by atoms with Gasteiger partial charge in [-0.3, -0.25) is 9.59 Å². The molecule has 26 heavy (non-hydrogen) atoms. The molecule has 3 rings (SSSR count). The summed E-state index contributed by atoms with van der Waals surface area (Å²) >= 11 is 1.37. The maximum atomic E-state index is 13.0. The zero-order chi connectivity index (χ0) is 18.5. The highest BCUT2D eigenvalue weighted by Gasteiger charge is 2.31. The molecule has 0 unspecified atom stereocenters. The highest BCUT2D eigenvalue weighted by atomic mass is 32.1. The quantitative estimate of drug-likeness (QED) is 0.862. The van der Waals surface area contributed by atoms with Crippen molar-refractivity contribution in [3.63, 3.8) is 0 Å². The summed E-state index contributed by atoms with van der Waals surface area (Å²) in [6.07, 6.45) is 3.43. The predicted molar refractivity (Wildman–Crippen MR) is 101 cm³/mol. The number of amides is 2. The smallest absolute Gasteiger partial charge is 0.262 e. The van der Waals surface area contributed by atoms with Gasteiger partial charge in [-0.1, -0.05) is 19.9 Å². The van der Waals surface area contributed by atoms with Gasteiger partial charge < -0.3 is 15.1 Å². The van der Waals surface area contributed by atoms with Crippen molar-refractivity contribution in [3.05, 3.63) is 40.8 Å². The predicted octanol–water partition coefficient (Wildman–Crippen LogP) is 1.64. The Kier molecular flexibility index (Phi) is 5.82. The fourth-order valence-corrected chi connectivity index (χ4v) is 3.54. The third kappa shape index (κ3) is 4.19. The molecule has 0 spiro atoms. The summed E-state index contributed by atoms with van der Waals surface area (Å²) in [5.41, 5.74) is 0. The van der Waals surface area contributed by atoms with Gasteiger partial charge in [0.1, 0.15) is 6.04 Å². The van der Waals surface area contributed by atoms with E-state index in [4.69, 9.17) is 0 Å². The molecule has 1 atom stereocenters. The summed E-state index contributed by atoms with van der Waals surface area (Å²) in [4.78, 5) is 38.3. The molecule has 2 aromatic rings. The summed E-state index contributed by atoms with van der Waals surface area (Å²) < 4.78 is 0. The lowest BCUT2D eigenvalue weighted by molar-refractivity contribution is -0.134. The number of nitrogens with zero attached hydrogens (tertiary/aromatic N) is 4.